The average Bonchev–Trinajstić information content (AvgIpc) is 3.07. The molecule has 45 heavy (non-hydrogen) atoms. The van der Waals surface area contributed by atoms with Crippen LogP contribution in [0.4, 0.5) is 0 Å². The quantitative estimate of drug-likeness (QED) is 0.142. The van der Waals surface area contributed by atoms with Crippen molar-refractivity contribution >= 4 is 22.0 Å². The average molecular weight is 635 g/mol. The van der Waals surface area contributed by atoms with E-state index in [1.165, 1.54) is 21.3 Å². The highest BCUT2D eigenvalue weighted by molar-refractivity contribution is 7.91. The van der Waals surface area contributed by atoms with E-state index in [-0.39, 0.29) is 5.75 Å². The Hall–Kier alpha value is -4.83. The lowest BCUT2D eigenvalue weighted by Gasteiger charge is -2.25. The van der Waals surface area contributed by atoms with Gasteiger partial charge in [-0.25, -0.2) is 8.42 Å². The van der Waals surface area contributed by atoms with E-state index in [4.69, 9.17) is 33.2 Å². The van der Waals surface area contributed by atoms with E-state index in [2.05, 4.69) is 0 Å². The molecule has 1 atom stereocenters. The van der Waals surface area contributed by atoms with Gasteiger partial charge in [0, 0.05) is 23.8 Å². The number of hydrogen-bond acceptors (Lipinski definition) is 9. The highest BCUT2D eigenvalue weighted by Gasteiger charge is 2.35. The van der Waals surface area contributed by atoms with Gasteiger partial charge in [0.25, 0.3) is 0 Å². The van der Waals surface area contributed by atoms with Crippen LogP contribution < -0.4 is 33.2 Å². The SMILES string of the molecule is COc1ccc(CS(=O)(=O)C(c2cc(OC)cc(OC)c2)c2c(/C=C/c3cc(OC)cc(OC)c3)cc(OC)cc2OC)cc1. The Morgan fingerprint density at radius 3 is 1.53 bits per heavy atom. The molecule has 0 N–H and O–H groups in total. The van der Waals surface area contributed by atoms with Gasteiger partial charge in [-0.1, -0.05) is 24.3 Å². The summed E-state index contributed by atoms with van der Waals surface area (Å²) in [7, 11) is 6.81. The molecule has 0 saturated heterocycles. The summed E-state index contributed by atoms with van der Waals surface area (Å²) < 4.78 is 67.9. The molecule has 1 unspecified atom stereocenters. The van der Waals surface area contributed by atoms with Gasteiger partial charge in [0.15, 0.2) is 9.84 Å². The molecule has 238 valence electrons. The van der Waals surface area contributed by atoms with Gasteiger partial charge in [0.2, 0.25) is 0 Å². The predicted octanol–water partition coefficient (Wildman–Crippen LogP) is 6.62. The van der Waals surface area contributed by atoms with Crippen LogP contribution in [0.5, 0.6) is 40.2 Å². The van der Waals surface area contributed by atoms with Crippen LogP contribution in [0, 0.1) is 0 Å². The summed E-state index contributed by atoms with van der Waals surface area (Å²) in [6.07, 6.45) is 3.67. The Morgan fingerprint density at radius 1 is 0.556 bits per heavy atom. The fourth-order valence-electron chi connectivity index (χ4n) is 5.01. The molecular weight excluding hydrogens is 596 g/mol. The Bertz CT molecular complexity index is 1700. The zero-order chi connectivity index (χ0) is 32.6. The van der Waals surface area contributed by atoms with E-state index in [1.54, 1.807) is 89.1 Å². The highest BCUT2D eigenvalue weighted by atomic mass is 32.2. The largest absolute Gasteiger partial charge is 0.497 e. The van der Waals surface area contributed by atoms with Gasteiger partial charge in [-0.3, -0.25) is 0 Å². The first-order chi connectivity index (χ1) is 21.7. The monoisotopic (exact) mass is 634 g/mol. The van der Waals surface area contributed by atoms with Crippen LogP contribution in [0.25, 0.3) is 12.2 Å². The van der Waals surface area contributed by atoms with Crippen LogP contribution in [0.3, 0.4) is 0 Å². The van der Waals surface area contributed by atoms with Crippen LogP contribution in [-0.2, 0) is 15.6 Å². The van der Waals surface area contributed by atoms with Gasteiger partial charge in [-0.05, 0) is 64.7 Å². The van der Waals surface area contributed by atoms with E-state index >= 15 is 0 Å². The molecule has 0 aromatic heterocycles. The van der Waals surface area contributed by atoms with E-state index in [0.29, 0.717) is 62.5 Å². The summed E-state index contributed by atoms with van der Waals surface area (Å²) in [5, 5.41) is -1.19. The molecule has 0 amide bonds. The maximum absolute atomic E-state index is 14.6. The van der Waals surface area contributed by atoms with E-state index in [9.17, 15) is 8.42 Å². The van der Waals surface area contributed by atoms with Gasteiger partial charge in [0.1, 0.15) is 45.5 Å². The number of sulfone groups is 1. The number of benzene rings is 4. The van der Waals surface area contributed by atoms with Crippen molar-refractivity contribution in [2.24, 2.45) is 0 Å². The third-order valence-corrected chi connectivity index (χ3v) is 9.22. The van der Waals surface area contributed by atoms with Crippen molar-refractivity contribution in [2.75, 3.05) is 49.8 Å². The van der Waals surface area contributed by atoms with Crippen molar-refractivity contribution in [3.8, 4) is 40.2 Å². The Kier molecular flexibility index (Phi) is 10.9. The Balaban J connectivity index is 1.99. The van der Waals surface area contributed by atoms with Crippen molar-refractivity contribution in [2.45, 2.75) is 11.0 Å². The lowest BCUT2D eigenvalue weighted by molar-refractivity contribution is 0.389. The minimum atomic E-state index is -3.98. The summed E-state index contributed by atoms with van der Waals surface area (Å²) in [5.41, 5.74) is 2.82. The molecule has 0 aliphatic carbocycles. The molecule has 10 heteroatoms. The molecule has 4 aromatic rings. The standard InChI is InChI=1S/C35H38O9S/c1-38-27-12-9-23(10-13-27)22-45(36,37)35(26-17-30(41-4)20-31(18-26)42-5)34-25(16-32(43-6)21-33(34)44-7)11-8-24-14-28(39-2)19-29(15-24)40-3/h8-21,35H,22H2,1-7H3/b11-8+. The van der Waals surface area contributed by atoms with Crippen molar-refractivity contribution in [3.05, 3.63) is 101 Å². The molecule has 0 fully saturated rings. The molecule has 0 radical (unpaired) electrons. The number of rotatable bonds is 14. The topological polar surface area (TPSA) is 98.8 Å². The fourth-order valence-corrected chi connectivity index (χ4v) is 7.00. The molecule has 9 nitrogen and oxygen atoms in total. The first-order valence-corrected chi connectivity index (χ1v) is 15.6. The molecule has 4 rings (SSSR count). The molecule has 0 spiro atoms. The molecule has 0 heterocycles. The minimum Gasteiger partial charge on any atom is -0.497 e. The fraction of sp³-hybridized carbons (Fsp3) is 0.257. The van der Waals surface area contributed by atoms with E-state index < -0.39 is 15.1 Å². The number of methoxy groups -OCH3 is 7. The van der Waals surface area contributed by atoms with Gasteiger partial charge < -0.3 is 33.2 Å². The second-order valence-corrected chi connectivity index (χ2v) is 12.1. The maximum atomic E-state index is 14.6. The zero-order valence-corrected chi connectivity index (χ0v) is 27.3. The van der Waals surface area contributed by atoms with Crippen LogP contribution in [-0.4, -0.2) is 58.2 Å². The molecule has 4 aromatic carbocycles. The predicted molar refractivity (Wildman–Crippen MR) is 175 cm³/mol. The van der Waals surface area contributed by atoms with Crippen LogP contribution in [0.2, 0.25) is 0 Å². The van der Waals surface area contributed by atoms with Gasteiger partial charge in [-0.2, -0.15) is 0 Å². The van der Waals surface area contributed by atoms with E-state index in [1.807, 2.05) is 24.3 Å². The Morgan fingerprint density at radius 2 is 1.04 bits per heavy atom. The molecular formula is C35H38O9S. The zero-order valence-electron chi connectivity index (χ0n) is 26.4. The lowest BCUT2D eigenvalue weighted by Crippen LogP contribution is -2.19. The first kappa shape index (κ1) is 33.1. The summed E-state index contributed by atoms with van der Waals surface area (Å²) in [5.74, 6) is 3.32. The normalized spacial score (nSPS) is 12.0. The maximum Gasteiger partial charge on any atom is 0.165 e. The second-order valence-electron chi connectivity index (χ2n) is 9.99. The minimum absolute atomic E-state index is 0.257. The van der Waals surface area contributed by atoms with Crippen molar-refractivity contribution in [1.82, 2.24) is 0 Å². The molecule has 0 saturated carbocycles. The smallest absolute Gasteiger partial charge is 0.165 e. The van der Waals surface area contributed by atoms with Crippen molar-refractivity contribution in [1.29, 1.82) is 0 Å². The lowest BCUT2D eigenvalue weighted by atomic mass is 9.96. The van der Waals surface area contributed by atoms with Crippen LogP contribution in [0.15, 0.2) is 72.8 Å². The summed E-state index contributed by atoms with van der Waals surface area (Å²) in [6.45, 7) is 0. The summed E-state index contributed by atoms with van der Waals surface area (Å²) >= 11 is 0. The molecule has 0 aliphatic heterocycles. The second kappa shape index (κ2) is 14.8. The van der Waals surface area contributed by atoms with Crippen LogP contribution >= 0.6 is 0 Å². The van der Waals surface area contributed by atoms with E-state index in [0.717, 1.165) is 5.56 Å². The molecule has 0 aliphatic rings. The van der Waals surface area contributed by atoms with Gasteiger partial charge in [0.05, 0.1) is 55.5 Å². The van der Waals surface area contributed by atoms with Crippen molar-refractivity contribution < 1.29 is 41.6 Å². The number of ether oxygens (including phenoxy) is 7. The van der Waals surface area contributed by atoms with Crippen LogP contribution in [0.1, 0.15) is 33.1 Å². The third-order valence-electron chi connectivity index (χ3n) is 7.26. The molecule has 0 bridgehead atoms. The van der Waals surface area contributed by atoms with Gasteiger partial charge >= 0.3 is 0 Å². The Labute approximate surface area is 264 Å². The summed E-state index contributed by atoms with van der Waals surface area (Å²) in [4.78, 5) is 0. The summed E-state index contributed by atoms with van der Waals surface area (Å²) in [6, 6.07) is 21.0. The van der Waals surface area contributed by atoms with Gasteiger partial charge in [-0.15, -0.1) is 0 Å². The third kappa shape index (κ3) is 7.82. The highest BCUT2D eigenvalue weighted by Crippen LogP contribution is 2.44. The number of hydrogen-bond donors (Lipinski definition) is 0. The van der Waals surface area contributed by atoms with Crippen molar-refractivity contribution in [3.63, 3.8) is 0 Å². The first-order valence-electron chi connectivity index (χ1n) is 13.9.